The number of hydrogen-bond donors (Lipinski definition) is 2. The summed E-state index contributed by atoms with van der Waals surface area (Å²) in [6, 6.07) is 9.58. The molecule has 0 fully saturated rings. The van der Waals surface area contributed by atoms with Crippen molar-refractivity contribution in [1.82, 2.24) is 20.5 Å². The number of aromatic amines is 1. The van der Waals surface area contributed by atoms with Crippen LogP contribution in [0.5, 0.6) is 0 Å². The molecule has 100 valence electrons. The number of halogens is 1. The Kier molecular flexibility index (Phi) is 3.47. The van der Waals surface area contributed by atoms with E-state index in [-0.39, 0.29) is 5.91 Å². The summed E-state index contributed by atoms with van der Waals surface area (Å²) in [7, 11) is 0. The second-order valence-electron chi connectivity index (χ2n) is 4.33. The fraction of sp³-hybridized carbons (Fsp3) is 0.0714. The maximum atomic E-state index is 11.8. The molecule has 6 heteroatoms. The molecule has 0 unspecified atom stereocenters. The van der Waals surface area contributed by atoms with Crippen molar-refractivity contribution in [2.24, 2.45) is 0 Å². The van der Waals surface area contributed by atoms with Crippen LogP contribution in [0.25, 0.3) is 10.9 Å². The third-order valence-corrected chi connectivity index (χ3v) is 3.35. The summed E-state index contributed by atoms with van der Waals surface area (Å²) in [5, 5.41) is 10.3. The van der Waals surface area contributed by atoms with E-state index in [0.717, 1.165) is 20.9 Å². The summed E-state index contributed by atoms with van der Waals surface area (Å²) in [5.74, 6) is -0.175. The van der Waals surface area contributed by atoms with Crippen LogP contribution in [0.2, 0.25) is 0 Å². The van der Waals surface area contributed by atoms with E-state index >= 15 is 0 Å². The SMILES string of the molecule is O=C(NCc1ccc2cc(Br)cnc2c1)c1ccn[nH]1. The lowest BCUT2D eigenvalue weighted by Crippen LogP contribution is -2.23. The second-order valence-corrected chi connectivity index (χ2v) is 5.25. The maximum Gasteiger partial charge on any atom is 0.269 e. The number of hydrogen-bond acceptors (Lipinski definition) is 3. The molecule has 5 nitrogen and oxygen atoms in total. The Morgan fingerprint density at radius 1 is 1.30 bits per heavy atom. The number of amides is 1. The van der Waals surface area contributed by atoms with E-state index in [1.54, 1.807) is 18.5 Å². The van der Waals surface area contributed by atoms with Crippen LogP contribution in [0.15, 0.2) is 47.2 Å². The Hall–Kier alpha value is -2.21. The van der Waals surface area contributed by atoms with Gasteiger partial charge in [0.25, 0.3) is 5.91 Å². The standard InChI is InChI=1S/C14H11BrN4O/c15-11-6-10-2-1-9(5-13(10)16-8-11)7-17-14(20)12-3-4-18-19-12/h1-6,8H,7H2,(H,17,20)(H,18,19). The van der Waals surface area contributed by atoms with Gasteiger partial charge in [0, 0.05) is 28.8 Å². The van der Waals surface area contributed by atoms with Crippen LogP contribution in [0.1, 0.15) is 16.1 Å². The smallest absolute Gasteiger partial charge is 0.269 e. The van der Waals surface area contributed by atoms with Gasteiger partial charge >= 0.3 is 0 Å². The average molecular weight is 331 g/mol. The first kappa shape index (κ1) is 12.8. The fourth-order valence-electron chi connectivity index (χ4n) is 1.91. The highest BCUT2D eigenvalue weighted by atomic mass is 79.9. The quantitative estimate of drug-likeness (QED) is 0.775. The molecule has 2 aromatic heterocycles. The molecule has 1 aromatic carbocycles. The number of pyridine rings is 1. The van der Waals surface area contributed by atoms with Crippen molar-refractivity contribution in [3.63, 3.8) is 0 Å². The summed E-state index contributed by atoms with van der Waals surface area (Å²) in [5.41, 5.74) is 2.36. The molecule has 0 radical (unpaired) electrons. The van der Waals surface area contributed by atoms with E-state index in [0.29, 0.717) is 12.2 Å². The molecule has 0 aliphatic heterocycles. The van der Waals surface area contributed by atoms with Crippen molar-refractivity contribution in [3.8, 4) is 0 Å². The Bertz CT molecular complexity index is 755. The molecule has 2 N–H and O–H groups in total. The van der Waals surface area contributed by atoms with Gasteiger partial charge in [-0.15, -0.1) is 0 Å². The molecule has 2 heterocycles. The van der Waals surface area contributed by atoms with Gasteiger partial charge in [0.1, 0.15) is 5.69 Å². The van der Waals surface area contributed by atoms with Gasteiger partial charge in [0.15, 0.2) is 0 Å². The summed E-state index contributed by atoms with van der Waals surface area (Å²) in [6.07, 6.45) is 3.31. The summed E-state index contributed by atoms with van der Waals surface area (Å²) in [6.45, 7) is 0.450. The number of benzene rings is 1. The largest absolute Gasteiger partial charge is 0.347 e. The predicted molar refractivity (Wildman–Crippen MR) is 79.2 cm³/mol. The highest BCUT2D eigenvalue weighted by Crippen LogP contribution is 2.18. The molecular weight excluding hydrogens is 320 g/mol. The van der Waals surface area contributed by atoms with Crippen LogP contribution in [0.4, 0.5) is 0 Å². The highest BCUT2D eigenvalue weighted by Gasteiger charge is 2.06. The van der Waals surface area contributed by atoms with Gasteiger partial charge in [-0.05, 0) is 39.7 Å². The van der Waals surface area contributed by atoms with E-state index in [9.17, 15) is 4.79 Å². The minimum absolute atomic E-state index is 0.175. The molecular formula is C14H11BrN4O. The van der Waals surface area contributed by atoms with Gasteiger partial charge in [-0.3, -0.25) is 14.9 Å². The minimum Gasteiger partial charge on any atom is -0.347 e. The number of H-pyrrole nitrogens is 1. The van der Waals surface area contributed by atoms with Gasteiger partial charge in [0.2, 0.25) is 0 Å². The lowest BCUT2D eigenvalue weighted by molar-refractivity contribution is 0.0946. The van der Waals surface area contributed by atoms with Gasteiger partial charge in [-0.2, -0.15) is 5.10 Å². The van der Waals surface area contributed by atoms with E-state index in [1.807, 2.05) is 24.3 Å². The minimum atomic E-state index is -0.175. The molecule has 3 aromatic rings. The maximum absolute atomic E-state index is 11.8. The summed E-state index contributed by atoms with van der Waals surface area (Å²) >= 11 is 3.39. The molecule has 0 atom stereocenters. The third-order valence-electron chi connectivity index (χ3n) is 2.91. The van der Waals surface area contributed by atoms with Crippen molar-refractivity contribution in [2.45, 2.75) is 6.54 Å². The van der Waals surface area contributed by atoms with Gasteiger partial charge < -0.3 is 5.32 Å². The van der Waals surface area contributed by atoms with E-state index in [1.165, 1.54) is 0 Å². The Labute approximate surface area is 123 Å². The van der Waals surface area contributed by atoms with Crippen LogP contribution in [-0.2, 0) is 6.54 Å². The Balaban J connectivity index is 1.75. The molecule has 0 spiro atoms. The molecule has 0 aliphatic carbocycles. The van der Waals surface area contributed by atoms with Crippen LogP contribution in [0.3, 0.4) is 0 Å². The van der Waals surface area contributed by atoms with Crippen LogP contribution < -0.4 is 5.32 Å². The third kappa shape index (κ3) is 2.70. The zero-order valence-corrected chi connectivity index (χ0v) is 12.0. The molecule has 0 aliphatic rings. The number of nitrogens with zero attached hydrogens (tertiary/aromatic N) is 2. The fourth-order valence-corrected chi connectivity index (χ4v) is 2.26. The second kappa shape index (κ2) is 5.42. The number of fused-ring (bicyclic) bond motifs is 1. The Morgan fingerprint density at radius 2 is 2.20 bits per heavy atom. The van der Waals surface area contributed by atoms with Gasteiger partial charge in [-0.25, -0.2) is 0 Å². The number of carbonyl (C=O) groups is 1. The molecule has 0 saturated heterocycles. The lowest BCUT2D eigenvalue weighted by atomic mass is 10.1. The van der Waals surface area contributed by atoms with Crippen LogP contribution in [-0.4, -0.2) is 21.1 Å². The van der Waals surface area contributed by atoms with Crippen molar-refractivity contribution >= 4 is 32.7 Å². The van der Waals surface area contributed by atoms with Crippen molar-refractivity contribution in [3.05, 3.63) is 58.5 Å². The molecule has 3 rings (SSSR count). The average Bonchev–Trinajstić information content (AvgIpc) is 2.99. The molecule has 20 heavy (non-hydrogen) atoms. The van der Waals surface area contributed by atoms with Gasteiger partial charge in [-0.1, -0.05) is 12.1 Å². The first-order valence-electron chi connectivity index (χ1n) is 6.04. The lowest BCUT2D eigenvalue weighted by Gasteiger charge is -2.05. The molecule has 0 bridgehead atoms. The summed E-state index contributed by atoms with van der Waals surface area (Å²) < 4.78 is 0.949. The van der Waals surface area contributed by atoms with E-state index in [4.69, 9.17) is 0 Å². The summed E-state index contributed by atoms with van der Waals surface area (Å²) in [4.78, 5) is 16.1. The normalized spacial score (nSPS) is 10.7. The monoisotopic (exact) mass is 330 g/mol. The van der Waals surface area contributed by atoms with Crippen molar-refractivity contribution in [1.29, 1.82) is 0 Å². The first-order chi connectivity index (χ1) is 9.72. The van der Waals surface area contributed by atoms with Crippen LogP contribution >= 0.6 is 15.9 Å². The van der Waals surface area contributed by atoms with Crippen LogP contribution in [0, 0.1) is 0 Å². The Morgan fingerprint density at radius 3 is 3.00 bits per heavy atom. The molecule has 0 saturated carbocycles. The predicted octanol–water partition coefficient (Wildman–Crippen LogP) is 2.65. The number of rotatable bonds is 3. The number of carbonyl (C=O) groups excluding carboxylic acids is 1. The van der Waals surface area contributed by atoms with Crippen molar-refractivity contribution in [2.75, 3.05) is 0 Å². The van der Waals surface area contributed by atoms with Gasteiger partial charge in [0.05, 0.1) is 5.52 Å². The zero-order chi connectivity index (χ0) is 13.9. The number of nitrogens with one attached hydrogen (secondary N) is 2. The topological polar surface area (TPSA) is 70.7 Å². The zero-order valence-electron chi connectivity index (χ0n) is 10.4. The molecule has 1 amide bonds. The van der Waals surface area contributed by atoms with E-state index < -0.39 is 0 Å². The van der Waals surface area contributed by atoms with E-state index in [2.05, 4.69) is 36.4 Å². The first-order valence-corrected chi connectivity index (χ1v) is 6.83. The highest BCUT2D eigenvalue weighted by molar-refractivity contribution is 9.10. The number of aromatic nitrogens is 3. The van der Waals surface area contributed by atoms with Crippen molar-refractivity contribution < 1.29 is 4.79 Å².